The molecule has 4 aromatic rings. The number of hydrogen-bond donors (Lipinski definition) is 0. The third-order valence-corrected chi connectivity index (χ3v) is 4.76. The molecule has 0 amide bonds. The van der Waals surface area contributed by atoms with Gasteiger partial charge in [0.15, 0.2) is 11.5 Å². The van der Waals surface area contributed by atoms with Crippen molar-refractivity contribution >= 4 is 17.1 Å². The molecule has 1 aromatic heterocycles. The van der Waals surface area contributed by atoms with Crippen LogP contribution in [0.15, 0.2) is 91.1 Å². The van der Waals surface area contributed by atoms with Crippen LogP contribution in [0.2, 0.25) is 0 Å². The standard InChI is InChI=1S/C24H15N3O/c25-16-20-19(9-6-14-26-20)17-7-5-8-18(15-17)27-21-10-1-3-12-23(21)28-24-13-4-2-11-22(24)27/h1-15H. The molecule has 0 spiro atoms. The zero-order valence-electron chi connectivity index (χ0n) is 14.9. The Morgan fingerprint density at radius 1 is 0.786 bits per heavy atom. The number of hydrogen-bond acceptors (Lipinski definition) is 4. The van der Waals surface area contributed by atoms with Gasteiger partial charge in [-0.2, -0.15) is 5.26 Å². The first-order valence-electron chi connectivity index (χ1n) is 8.97. The van der Waals surface area contributed by atoms with Crippen LogP contribution in [0.3, 0.4) is 0 Å². The summed E-state index contributed by atoms with van der Waals surface area (Å²) in [5, 5.41) is 9.42. The molecule has 0 aliphatic carbocycles. The first-order valence-corrected chi connectivity index (χ1v) is 8.97. The third kappa shape index (κ3) is 2.58. The summed E-state index contributed by atoms with van der Waals surface area (Å²) in [6.07, 6.45) is 1.64. The van der Waals surface area contributed by atoms with E-state index in [4.69, 9.17) is 4.74 Å². The quantitative estimate of drug-likeness (QED) is 0.376. The van der Waals surface area contributed by atoms with Gasteiger partial charge < -0.3 is 9.64 Å². The summed E-state index contributed by atoms with van der Waals surface area (Å²) in [5.74, 6) is 1.62. The number of nitriles is 1. The molecule has 0 atom stereocenters. The van der Waals surface area contributed by atoms with Crippen LogP contribution in [0.25, 0.3) is 11.1 Å². The highest BCUT2D eigenvalue weighted by atomic mass is 16.5. The summed E-state index contributed by atoms with van der Waals surface area (Å²) in [6, 6.07) is 30.1. The number of benzene rings is 3. The van der Waals surface area contributed by atoms with Crippen LogP contribution in [0, 0.1) is 11.3 Å². The Balaban J connectivity index is 1.70. The molecule has 1 aliphatic rings. The van der Waals surface area contributed by atoms with Crippen molar-refractivity contribution in [2.24, 2.45) is 0 Å². The van der Waals surface area contributed by atoms with Crippen LogP contribution >= 0.6 is 0 Å². The number of fused-ring (bicyclic) bond motifs is 2. The van der Waals surface area contributed by atoms with E-state index in [0.29, 0.717) is 5.69 Å². The van der Waals surface area contributed by atoms with Crippen LogP contribution in [-0.4, -0.2) is 4.98 Å². The highest BCUT2D eigenvalue weighted by Gasteiger charge is 2.25. The molecule has 0 N–H and O–H groups in total. The zero-order chi connectivity index (χ0) is 18.9. The van der Waals surface area contributed by atoms with Crippen molar-refractivity contribution in [3.05, 3.63) is 96.8 Å². The summed E-state index contributed by atoms with van der Waals surface area (Å²) in [7, 11) is 0. The van der Waals surface area contributed by atoms with Gasteiger partial charge in [-0.1, -0.05) is 36.4 Å². The van der Waals surface area contributed by atoms with E-state index in [1.807, 2.05) is 72.8 Å². The largest absolute Gasteiger partial charge is 0.453 e. The molecule has 132 valence electrons. The Bertz CT molecular complexity index is 1180. The van der Waals surface area contributed by atoms with Crippen molar-refractivity contribution in [3.8, 4) is 28.7 Å². The van der Waals surface area contributed by atoms with Gasteiger partial charge in [-0.15, -0.1) is 0 Å². The summed E-state index contributed by atoms with van der Waals surface area (Å²) >= 11 is 0. The molecule has 4 nitrogen and oxygen atoms in total. The molecule has 28 heavy (non-hydrogen) atoms. The third-order valence-electron chi connectivity index (χ3n) is 4.76. The normalized spacial score (nSPS) is 11.8. The first kappa shape index (κ1) is 16.1. The average molecular weight is 361 g/mol. The van der Waals surface area contributed by atoms with E-state index in [9.17, 15) is 5.26 Å². The number of anilines is 3. The SMILES string of the molecule is N#Cc1ncccc1-c1cccc(N2c3ccccc3Oc3ccccc32)c1. The Labute approximate surface area is 162 Å². The summed E-state index contributed by atoms with van der Waals surface area (Å²) in [6.45, 7) is 0. The molecule has 2 heterocycles. The number of pyridine rings is 1. The summed E-state index contributed by atoms with van der Waals surface area (Å²) in [5.41, 5.74) is 5.14. The predicted molar refractivity (Wildman–Crippen MR) is 109 cm³/mol. The van der Waals surface area contributed by atoms with Gasteiger partial charge in [-0.25, -0.2) is 4.98 Å². The molecule has 0 bridgehead atoms. The molecule has 0 saturated carbocycles. The minimum Gasteiger partial charge on any atom is -0.453 e. The minimum absolute atomic E-state index is 0.419. The lowest BCUT2D eigenvalue weighted by Gasteiger charge is -2.33. The number of rotatable bonds is 2. The smallest absolute Gasteiger partial charge is 0.151 e. The number of nitrogens with zero attached hydrogens (tertiary/aromatic N) is 3. The number of para-hydroxylation sites is 4. The van der Waals surface area contributed by atoms with Crippen LogP contribution in [0.1, 0.15) is 5.69 Å². The zero-order valence-corrected chi connectivity index (χ0v) is 14.9. The Hall–Kier alpha value is -4.10. The molecule has 1 aliphatic heterocycles. The van der Waals surface area contributed by atoms with Gasteiger partial charge in [0.2, 0.25) is 0 Å². The molecule has 0 fully saturated rings. The van der Waals surface area contributed by atoms with Gasteiger partial charge in [0.25, 0.3) is 0 Å². The number of ether oxygens (including phenoxy) is 1. The Morgan fingerprint density at radius 3 is 2.21 bits per heavy atom. The lowest BCUT2D eigenvalue weighted by atomic mass is 10.0. The van der Waals surface area contributed by atoms with Crippen LogP contribution in [0.5, 0.6) is 11.5 Å². The van der Waals surface area contributed by atoms with Crippen molar-refractivity contribution in [1.29, 1.82) is 5.26 Å². The van der Waals surface area contributed by atoms with Crippen molar-refractivity contribution in [3.63, 3.8) is 0 Å². The fourth-order valence-electron chi connectivity index (χ4n) is 3.52. The van der Waals surface area contributed by atoms with Crippen molar-refractivity contribution < 1.29 is 4.74 Å². The fraction of sp³-hybridized carbons (Fsp3) is 0. The van der Waals surface area contributed by atoms with Crippen LogP contribution < -0.4 is 9.64 Å². The highest BCUT2D eigenvalue weighted by Crippen LogP contribution is 2.50. The monoisotopic (exact) mass is 361 g/mol. The molecule has 3 aromatic carbocycles. The predicted octanol–water partition coefficient (Wildman–Crippen LogP) is 6.20. The molecule has 4 heteroatoms. The Kier molecular flexibility index (Phi) is 3.78. The second-order valence-corrected chi connectivity index (χ2v) is 6.43. The van der Waals surface area contributed by atoms with Gasteiger partial charge in [-0.3, -0.25) is 0 Å². The topological polar surface area (TPSA) is 49.2 Å². The first-order chi connectivity index (χ1) is 13.8. The molecular formula is C24H15N3O. The highest BCUT2D eigenvalue weighted by molar-refractivity contribution is 5.87. The van der Waals surface area contributed by atoms with Gasteiger partial charge in [0, 0.05) is 17.4 Å². The summed E-state index contributed by atoms with van der Waals surface area (Å²) < 4.78 is 6.09. The minimum atomic E-state index is 0.419. The van der Waals surface area contributed by atoms with Crippen LogP contribution in [0.4, 0.5) is 17.1 Å². The van der Waals surface area contributed by atoms with E-state index < -0.39 is 0 Å². The van der Waals surface area contributed by atoms with Crippen molar-refractivity contribution in [2.45, 2.75) is 0 Å². The van der Waals surface area contributed by atoms with E-state index in [2.05, 4.69) is 28.1 Å². The molecular weight excluding hydrogens is 346 g/mol. The second kappa shape index (κ2) is 6.57. The lowest BCUT2D eigenvalue weighted by Crippen LogP contribution is -2.15. The van der Waals surface area contributed by atoms with Gasteiger partial charge in [-0.05, 0) is 54.1 Å². The molecule has 5 rings (SSSR count). The van der Waals surface area contributed by atoms with Crippen molar-refractivity contribution in [2.75, 3.05) is 4.90 Å². The van der Waals surface area contributed by atoms with E-state index in [-0.39, 0.29) is 0 Å². The van der Waals surface area contributed by atoms with E-state index >= 15 is 0 Å². The Morgan fingerprint density at radius 2 is 1.50 bits per heavy atom. The molecule has 0 radical (unpaired) electrons. The molecule has 0 unspecified atom stereocenters. The summed E-state index contributed by atoms with van der Waals surface area (Å²) in [4.78, 5) is 6.37. The van der Waals surface area contributed by atoms with Crippen LogP contribution in [-0.2, 0) is 0 Å². The van der Waals surface area contributed by atoms with E-state index in [1.54, 1.807) is 6.20 Å². The number of aromatic nitrogens is 1. The van der Waals surface area contributed by atoms with Gasteiger partial charge in [0.05, 0.1) is 11.4 Å². The average Bonchev–Trinajstić information content (AvgIpc) is 2.77. The van der Waals surface area contributed by atoms with Gasteiger partial charge in [0.1, 0.15) is 11.8 Å². The maximum Gasteiger partial charge on any atom is 0.151 e. The lowest BCUT2D eigenvalue weighted by molar-refractivity contribution is 0.477. The maximum atomic E-state index is 9.42. The fourth-order valence-corrected chi connectivity index (χ4v) is 3.52. The van der Waals surface area contributed by atoms with E-state index in [1.165, 1.54) is 0 Å². The molecule has 0 saturated heterocycles. The van der Waals surface area contributed by atoms with Crippen molar-refractivity contribution in [1.82, 2.24) is 4.98 Å². The second-order valence-electron chi connectivity index (χ2n) is 6.43. The van der Waals surface area contributed by atoms with E-state index in [0.717, 1.165) is 39.7 Å². The maximum absolute atomic E-state index is 9.42. The van der Waals surface area contributed by atoms with Gasteiger partial charge >= 0.3 is 0 Å².